The minimum absolute atomic E-state index is 0.837. The first kappa shape index (κ1) is 13.6. The Hall–Kier alpha value is -0.870. The third-order valence-corrected chi connectivity index (χ3v) is 4.14. The first-order valence-corrected chi connectivity index (χ1v) is 6.98. The van der Waals surface area contributed by atoms with Gasteiger partial charge in [-0.2, -0.15) is 0 Å². The fourth-order valence-corrected chi connectivity index (χ4v) is 2.83. The van der Waals surface area contributed by atoms with E-state index in [4.69, 9.17) is 0 Å². The summed E-state index contributed by atoms with van der Waals surface area (Å²) < 4.78 is 2.18. The summed E-state index contributed by atoms with van der Waals surface area (Å²) in [6, 6.07) is 0. The predicted octanol–water partition coefficient (Wildman–Crippen LogP) is 1.50. The van der Waals surface area contributed by atoms with Crippen molar-refractivity contribution in [1.82, 2.24) is 19.4 Å². The molecule has 18 heavy (non-hydrogen) atoms. The Balaban J connectivity index is 1.82. The second-order valence-corrected chi connectivity index (χ2v) is 5.60. The summed E-state index contributed by atoms with van der Waals surface area (Å²) in [4.78, 5) is 9.33. The molecule has 0 aliphatic carbocycles. The van der Waals surface area contributed by atoms with Gasteiger partial charge in [-0.25, -0.2) is 4.98 Å². The van der Waals surface area contributed by atoms with Gasteiger partial charge in [-0.15, -0.1) is 0 Å². The molecule has 1 aliphatic heterocycles. The van der Waals surface area contributed by atoms with Crippen LogP contribution in [0.2, 0.25) is 0 Å². The van der Waals surface area contributed by atoms with Gasteiger partial charge in [-0.3, -0.25) is 0 Å². The first-order chi connectivity index (χ1) is 8.60. The number of aromatic nitrogens is 2. The van der Waals surface area contributed by atoms with Gasteiger partial charge in [0.1, 0.15) is 5.82 Å². The van der Waals surface area contributed by atoms with Crippen molar-refractivity contribution < 1.29 is 0 Å². The van der Waals surface area contributed by atoms with Crippen molar-refractivity contribution in [3.8, 4) is 0 Å². The lowest BCUT2D eigenvalue weighted by molar-refractivity contribution is 0.256. The molecule has 1 aliphatic rings. The number of likely N-dealkylation sites (tertiary alicyclic amines) is 1. The quantitative estimate of drug-likeness (QED) is 0.791. The molecule has 1 atom stereocenters. The van der Waals surface area contributed by atoms with Crippen molar-refractivity contribution in [1.29, 1.82) is 0 Å². The van der Waals surface area contributed by atoms with Crippen LogP contribution in [0.1, 0.15) is 24.9 Å². The topological polar surface area (TPSA) is 24.3 Å². The third kappa shape index (κ3) is 3.12. The minimum Gasteiger partial charge on any atom is -0.334 e. The summed E-state index contributed by atoms with van der Waals surface area (Å²) in [7, 11) is 4.32. The molecule has 102 valence electrons. The maximum absolute atomic E-state index is 4.35. The average Bonchev–Trinajstić information content (AvgIpc) is 2.91. The largest absolute Gasteiger partial charge is 0.334 e. The van der Waals surface area contributed by atoms with Gasteiger partial charge in [-0.05, 0) is 39.4 Å². The Morgan fingerprint density at radius 2 is 2.28 bits per heavy atom. The van der Waals surface area contributed by atoms with Gasteiger partial charge < -0.3 is 14.4 Å². The Morgan fingerprint density at radius 1 is 1.50 bits per heavy atom. The van der Waals surface area contributed by atoms with Gasteiger partial charge in [0, 0.05) is 32.9 Å². The molecule has 1 saturated heterocycles. The van der Waals surface area contributed by atoms with Gasteiger partial charge in [0.05, 0.1) is 5.69 Å². The third-order valence-electron chi connectivity index (χ3n) is 4.14. The van der Waals surface area contributed by atoms with E-state index in [1.165, 1.54) is 38.3 Å². The number of imidazole rings is 1. The first-order valence-electron chi connectivity index (χ1n) is 6.98. The lowest BCUT2D eigenvalue weighted by atomic mass is 10.1. The maximum Gasteiger partial charge on any atom is 0.105 e. The van der Waals surface area contributed by atoms with Crippen molar-refractivity contribution in [2.45, 2.75) is 26.8 Å². The summed E-state index contributed by atoms with van der Waals surface area (Å²) in [5, 5.41) is 0. The zero-order valence-electron chi connectivity index (χ0n) is 12.2. The van der Waals surface area contributed by atoms with Crippen LogP contribution in [0.4, 0.5) is 0 Å². The van der Waals surface area contributed by atoms with E-state index >= 15 is 0 Å². The van der Waals surface area contributed by atoms with E-state index in [0.717, 1.165) is 18.3 Å². The maximum atomic E-state index is 4.35. The van der Waals surface area contributed by atoms with Crippen molar-refractivity contribution in [2.24, 2.45) is 13.0 Å². The van der Waals surface area contributed by atoms with E-state index in [0.29, 0.717) is 0 Å². The zero-order chi connectivity index (χ0) is 13.1. The number of nitrogens with zero attached hydrogens (tertiary/aromatic N) is 4. The van der Waals surface area contributed by atoms with Crippen LogP contribution in [0.15, 0.2) is 6.20 Å². The Bertz CT molecular complexity index is 385. The lowest BCUT2D eigenvalue weighted by Gasteiger charge is -2.21. The highest BCUT2D eigenvalue weighted by molar-refractivity contribution is 5.03. The second-order valence-electron chi connectivity index (χ2n) is 5.60. The number of hydrogen-bond donors (Lipinski definition) is 0. The van der Waals surface area contributed by atoms with Crippen LogP contribution in [0, 0.1) is 12.8 Å². The summed E-state index contributed by atoms with van der Waals surface area (Å²) in [6.07, 6.45) is 3.35. The van der Waals surface area contributed by atoms with Crippen LogP contribution in [0.25, 0.3) is 0 Å². The van der Waals surface area contributed by atoms with Gasteiger partial charge in [0.25, 0.3) is 0 Å². The zero-order valence-corrected chi connectivity index (χ0v) is 12.2. The lowest BCUT2D eigenvalue weighted by Crippen LogP contribution is -2.28. The molecule has 0 unspecified atom stereocenters. The molecule has 1 aromatic rings. The predicted molar refractivity (Wildman–Crippen MR) is 74.5 cm³/mol. The van der Waals surface area contributed by atoms with E-state index in [2.05, 4.69) is 47.3 Å². The molecule has 2 heterocycles. The normalized spacial score (nSPS) is 21.1. The van der Waals surface area contributed by atoms with Crippen LogP contribution in [0.3, 0.4) is 0 Å². The Kier molecular flexibility index (Phi) is 4.40. The SMILES string of the molecule is CCN1CC[C@H](CN(C)Cc2cnc(C)n2C)C1. The highest BCUT2D eigenvalue weighted by Gasteiger charge is 2.22. The van der Waals surface area contributed by atoms with Crippen molar-refractivity contribution in [3.05, 3.63) is 17.7 Å². The Morgan fingerprint density at radius 3 is 2.83 bits per heavy atom. The molecule has 4 heteroatoms. The average molecular weight is 250 g/mol. The summed E-state index contributed by atoms with van der Waals surface area (Å²) >= 11 is 0. The highest BCUT2D eigenvalue weighted by atomic mass is 15.2. The summed E-state index contributed by atoms with van der Waals surface area (Å²) in [6.45, 7) is 10.2. The molecule has 1 fully saturated rings. The van der Waals surface area contributed by atoms with E-state index in [-0.39, 0.29) is 0 Å². The summed E-state index contributed by atoms with van der Waals surface area (Å²) in [5.74, 6) is 1.93. The highest BCUT2D eigenvalue weighted by Crippen LogP contribution is 2.17. The Labute approximate surface area is 111 Å². The molecule has 0 amide bonds. The van der Waals surface area contributed by atoms with Crippen LogP contribution in [-0.4, -0.2) is 52.6 Å². The van der Waals surface area contributed by atoms with E-state index < -0.39 is 0 Å². The van der Waals surface area contributed by atoms with Gasteiger partial charge in [0.2, 0.25) is 0 Å². The molecule has 4 nitrogen and oxygen atoms in total. The monoisotopic (exact) mass is 250 g/mol. The van der Waals surface area contributed by atoms with Crippen LogP contribution >= 0.6 is 0 Å². The number of aryl methyl sites for hydroxylation is 1. The molecule has 0 aromatic carbocycles. The van der Waals surface area contributed by atoms with Crippen LogP contribution < -0.4 is 0 Å². The van der Waals surface area contributed by atoms with Gasteiger partial charge >= 0.3 is 0 Å². The van der Waals surface area contributed by atoms with Crippen molar-refractivity contribution in [2.75, 3.05) is 33.2 Å². The fraction of sp³-hybridized carbons (Fsp3) is 0.786. The van der Waals surface area contributed by atoms with Crippen molar-refractivity contribution in [3.63, 3.8) is 0 Å². The molecular formula is C14H26N4. The molecule has 0 spiro atoms. The molecule has 0 radical (unpaired) electrons. The fourth-order valence-electron chi connectivity index (χ4n) is 2.83. The molecule has 0 saturated carbocycles. The van der Waals surface area contributed by atoms with Gasteiger partial charge in [-0.1, -0.05) is 6.92 Å². The molecule has 2 rings (SSSR count). The molecule has 0 bridgehead atoms. The van der Waals surface area contributed by atoms with Crippen molar-refractivity contribution >= 4 is 0 Å². The molecule has 0 N–H and O–H groups in total. The van der Waals surface area contributed by atoms with E-state index in [1.807, 2.05) is 6.20 Å². The van der Waals surface area contributed by atoms with Gasteiger partial charge in [0.15, 0.2) is 0 Å². The van der Waals surface area contributed by atoms with E-state index in [9.17, 15) is 0 Å². The number of rotatable bonds is 5. The smallest absolute Gasteiger partial charge is 0.105 e. The minimum atomic E-state index is 0.837. The van der Waals surface area contributed by atoms with Crippen LogP contribution in [0.5, 0.6) is 0 Å². The standard InChI is InChI=1S/C14H26N4/c1-5-18-7-6-13(10-18)9-16(3)11-14-8-15-12(2)17(14)4/h8,13H,5-7,9-11H2,1-4H3/t13-/m1/s1. The summed E-state index contributed by atoms with van der Waals surface area (Å²) in [5.41, 5.74) is 1.31. The van der Waals surface area contributed by atoms with Crippen LogP contribution in [-0.2, 0) is 13.6 Å². The number of hydrogen-bond acceptors (Lipinski definition) is 3. The second kappa shape index (κ2) is 5.85. The molecule has 1 aromatic heterocycles. The van der Waals surface area contributed by atoms with E-state index in [1.54, 1.807) is 0 Å². The molecular weight excluding hydrogens is 224 g/mol.